The van der Waals surface area contributed by atoms with Crippen molar-refractivity contribution in [3.05, 3.63) is 17.6 Å². The Kier molecular flexibility index (Phi) is 0.898. The van der Waals surface area contributed by atoms with E-state index in [2.05, 4.69) is 6.42 Å². The quantitative estimate of drug-likeness (QED) is 0.446. The van der Waals surface area contributed by atoms with E-state index in [1.807, 2.05) is 11.1 Å². The van der Waals surface area contributed by atoms with Gasteiger partial charge >= 0.3 is 0 Å². The van der Waals surface area contributed by atoms with E-state index in [1.54, 1.807) is 0 Å². The summed E-state index contributed by atoms with van der Waals surface area (Å²) in [5.74, 6) is 1.96. The normalized spacial score (nSPS) is 43.2. The molecule has 0 heterocycles. The molecule has 1 saturated carbocycles. The average Bonchev–Trinajstić information content (AvgIpc) is 2.60. The van der Waals surface area contributed by atoms with Crippen LogP contribution in [0.1, 0.15) is 32.1 Å². The van der Waals surface area contributed by atoms with Gasteiger partial charge in [0.15, 0.2) is 0 Å². The molecule has 2 bridgehead atoms. The maximum Gasteiger partial charge on any atom is -0.0163 e. The molecule has 0 aromatic carbocycles. The van der Waals surface area contributed by atoms with Crippen LogP contribution < -0.4 is 0 Å². The molecule has 2 unspecified atom stereocenters. The summed E-state index contributed by atoms with van der Waals surface area (Å²) in [6.45, 7) is 0. The first kappa shape index (κ1) is 5.40. The Morgan fingerprint density at radius 2 is 2.10 bits per heavy atom. The highest BCUT2D eigenvalue weighted by Crippen LogP contribution is 2.53. The van der Waals surface area contributed by atoms with Crippen LogP contribution in [0.2, 0.25) is 0 Å². The number of hydrogen-bond donors (Lipinski definition) is 0. The van der Waals surface area contributed by atoms with E-state index in [4.69, 9.17) is 0 Å². The van der Waals surface area contributed by atoms with Crippen LogP contribution >= 0.6 is 0 Å². The highest BCUT2D eigenvalue weighted by molar-refractivity contribution is 5.35. The van der Waals surface area contributed by atoms with E-state index >= 15 is 0 Å². The molecule has 10 heavy (non-hydrogen) atoms. The zero-order chi connectivity index (χ0) is 6.55. The molecule has 0 aromatic rings. The number of hydrogen-bond acceptors (Lipinski definition) is 0. The van der Waals surface area contributed by atoms with Crippen molar-refractivity contribution in [1.29, 1.82) is 0 Å². The second-order valence-corrected chi connectivity index (χ2v) is 3.91. The third-order valence-corrected chi connectivity index (χ3v) is 3.49. The van der Waals surface area contributed by atoms with Crippen molar-refractivity contribution in [3.8, 4) is 0 Å². The minimum absolute atomic E-state index is 0.947. The largest absolute Gasteiger partial charge is 0.0676 e. The summed E-state index contributed by atoms with van der Waals surface area (Å²) in [5.41, 5.74) is 3.74. The maximum atomic E-state index is 2.55. The van der Waals surface area contributed by atoms with Crippen molar-refractivity contribution >= 4 is 0 Å². The molecular formula is C10H13. The smallest absolute Gasteiger partial charge is 0.0163 e. The van der Waals surface area contributed by atoms with Crippen LogP contribution in [0.3, 0.4) is 0 Å². The number of fused-ring (bicyclic) bond motifs is 4. The fourth-order valence-corrected chi connectivity index (χ4v) is 3.08. The Bertz CT molecular complexity index is 180. The van der Waals surface area contributed by atoms with Crippen LogP contribution in [0, 0.1) is 18.3 Å². The summed E-state index contributed by atoms with van der Waals surface area (Å²) in [4.78, 5) is 0. The highest BCUT2D eigenvalue weighted by Gasteiger charge is 2.40. The lowest BCUT2D eigenvalue weighted by Gasteiger charge is -2.11. The Morgan fingerprint density at radius 3 is 3.00 bits per heavy atom. The number of allylic oxidation sites excluding steroid dienone is 2. The van der Waals surface area contributed by atoms with Gasteiger partial charge in [0.25, 0.3) is 0 Å². The van der Waals surface area contributed by atoms with Gasteiger partial charge < -0.3 is 0 Å². The molecule has 0 heteroatoms. The molecule has 1 radical (unpaired) electrons. The van der Waals surface area contributed by atoms with Gasteiger partial charge in [0, 0.05) is 0 Å². The van der Waals surface area contributed by atoms with E-state index in [-0.39, 0.29) is 0 Å². The van der Waals surface area contributed by atoms with Crippen molar-refractivity contribution in [2.24, 2.45) is 11.8 Å². The molecule has 2 atom stereocenters. The van der Waals surface area contributed by atoms with Gasteiger partial charge in [-0.25, -0.2) is 0 Å². The zero-order valence-electron chi connectivity index (χ0n) is 6.27. The van der Waals surface area contributed by atoms with Crippen LogP contribution in [0.25, 0.3) is 0 Å². The van der Waals surface area contributed by atoms with Crippen LogP contribution in [0.5, 0.6) is 0 Å². The maximum absolute atomic E-state index is 2.55. The first-order chi connectivity index (χ1) is 4.95. The Labute approximate surface area is 62.3 Å². The van der Waals surface area contributed by atoms with E-state index in [0.717, 1.165) is 11.8 Å². The van der Waals surface area contributed by atoms with Crippen molar-refractivity contribution in [3.63, 3.8) is 0 Å². The first-order valence-electron chi connectivity index (χ1n) is 4.50. The van der Waals surface area contributed by atoms with Crippen molar-refractivity contribution in [2.75, 3.05) is 0 Å². The summed E-state index contributed by atoms with van der Waals surface area (Å²) >= 11 is 0. The van der Waals surface area contributed by atoms with E-state index in [0.29, 0.717) is 0 Å². The third-order valence-electron chi connectivity index (χ3n) is 3.49. The first-order valence-corrected chi connectivity index (χ1v) is 4.50. The molecule has 0 amide bonds. The average molecular weight is 133 g/mol. The van der Waals surface area contributed by atoms with Crippen molar-refractivity contribution in [1.82, 2.24) is 0 Å². The predicted octanol–water partition coefficient (Wildman–Crippen LogP) is 2.71. The summed E-state index contributed by atoms with van der Waals surface area (Å²) in [7, 11) is 0. The predicted molar refractivity (Wildman–Crippen MR) is 41.4 cm³/mol. The topological polar surface area (TPSA) is 0 Å². The lowest BCUT2D eigenvalue weighted by atomic mass is 9.94. The van der Waals surface area contributed by atoms with Crippen molar-refractivity contribution < 1.29 is 0 Å². The Hall–Kier alpha value is -0.260. The van der Waals surface area contributed by atoms with E-state index < -0.39 is 0 Å². The summed E-state index contributed by atoms with van der Waals surface area (Å²) in [6, 6.07) is 0. The van der Waals surface area contributed by atoms with Gasteiger partial charge in [0.2, 0.25) is 0 Å². The zero-order valence-corrected chi connectivity index (χ0v) is 6.27. The molecule has 0 aliphatic heterocycles. The Morgan fingerprint density at radius 1 is 1.20 bits per heavy atom. The minimum Gasteiger partial charge on any atom is -0.0676 e. The fourth-order valence-electron chi connectivity index (χ4n) is 3.08. The van der Waals surface area contributed by atoms with E-state index in [1.165, 1.54) is 32.1 Å². The molecule has 0 aromatic heterocycles. The van der Waals surface area contributed by atoms with Gasteiger partial charge in [-0.3, -0.25) is 0 Å². The SMILES string of the molecule is [CH]1CC2CC1C1=C2CCC1. The lowest BCUT2D eigenvalue weighted by molar-refractivity contribution is 0.617. The van der Waals surface area contributed by atoms with Gasteiger partial charge in [-0.1, -0.05) is 11.1 Å². The fraction of sp³-hybridized carbons (Fsp3) is 0.700. The van der Waals surface area contributed by atoms with Gasteiger partial charge in [0.05, 0.1) is 0 Å². The van der Waals surface area contributed by atoms with Gasteiger partial charge in [-0.05, 0) is 50.4 Å². The summed E-state index contributed by atoms with van der Waals surface area (Å²) in [5, 5.41) is 0. The Balaban J connectivity index is 2.06. The highest BCUT2D eigenvalue weighted by atomic mass is 14.4. The number of rotatable bonds is 0. The van der Waals surface area contributed by atoms with Crippen LogP contribution in [-0.2, 0) is 0 Å². The second kappa shape index (κ2) is 1.66. The molecule has 3 rings (SSSR count). The minimum atomic E-state index is 0.947. The van der Waals surface area contributed by atoms with Gasteiger partial charge in [-0.15, -0.1) is 0 Å². The molecule has 1 fully saturated rings. The summed E-state index contributed by atoms with van der Waals surface area (Å²) < 4.78 is 0. The van der Waals surface area contributed by atoms with Gasteiger partial charge in [-0.2, -0.15) is 0 Å². The third kappa shape index (κ3) is 0.492. The molecule has 53 valence electrons. The second-order valence-electron chi connectivity index (χ2n) is 3.91. The van der Waals surface area contributed by atoms with E-state index in [9.17, 15) is 0 Å². The molecule has 3 aliphatic carbocycles. The molecule has 0 nitrogen and oxygen atoms in total. The monoisotopic (exact) mass is 133 g/mol. The molecule has 0 spiro atoms. The van der Waals surface area contributed by atoms with Crippen LogP contribution in [0.4, 0.5) is 0 Å². The van der Waals surface area contributed by atoms with Crippen molar-refractivity contribution in [2.45, 2.75) is 32.1 Å². The molecule has 0 saturated heterocycles. The summed E-state index contributed by atoms with van der Waals surface area (Å²) in [6.07, 6.45) is 9.80. The van der Waals surface area contributed by atoms with Crippen LogP contribution in [-0.4, -0.2) is 0 Å². The van der Waals surface area contributed by atoms with Crippen LogP contribution in [0.15, 0.2) is 11.1 Å². The lowest BCUT2D eigenvalue weighted by Crippen LogP contribution is -1.97. The molecule has 3 aliphatic rings. The molecule has 0 N–H and O–H groups in total. The molecular weight excluding hydrogens is 120 g/mol. The standard InChI is InChI=1S/C10H13/c1-2-9-7-4-5-8(6-7)10(9)3-1/h4,7-8H,1-3,5-6H2. The van der Waals surface area contributed by atoms with Gasteiger partial charge in [0.1, 0.15) is 0 Å².